The lowest BCUT2D eigenvalue weighted by atomic mass is 10.1. The first kappa shape index (κ1) is 12.1. The third-order valence-corrected chi connectivity index (χ3v) is 3.02. The summed E-state index contributed by atoms with van der Waals surface area (Å²) in [5.41, 5.74) is 1.34. The standard InChI is InChI=1S/C14H14BrNO/c15-13-9-4-10-16-14(13)17-11-5-8-12-6-2-1-3-7-12/h1-4,6-7,9-10H,5,8,11H2. The minimum atomic E-state index is 0.667. The lowest BCUT2D eigenvalue weighted by Gasteiger charge is -2.06. The molecule has 0 unspecified atom stereocenters. The van der Waals surface area contributed by atoms with Crippen LogP contribution in [-0.2, 0) is 6.42 Å². The maximum atomic E-state index is 5.60. The monoisotopic (exact) mass is 291 g/mol. The van der Waals surface area contributed by atoms with Gasteiger partial charge in [-0.25, -0.2) is 4.98 Å². The highest BCUT2D eigenvalue weighted by molar-refractivity contribution is 9.10. The van der Waals surface area contributed by atoms with Gasteiger partial charge in [-0.05, 0) is 46.5 Å². The van der Waals surface area contributed by atoms with Gasteiger partial charge < -0.3 is 4.74 Å². The zero-order chi connectivity index (χ0) is 11.9. The van der Waals surface area contributed by atoms with Crippen LogP contribution in [0.5, 0.6) is 5.88 Å². The van der Waals surface area contributed by atoms with Gasteiger partial charge in [0.2, 0.25) is 5.88 Å². The lowest BCUT2D eigenvalue weighted by molar-refractivity contribution is 0.297. The van der Waals surface area contributed by atoms with Crippen molar-refractivity contribution in [1.82, 2.24) is 4.98 Å². The van der Waals surface area contributed by atoms with Crippen LogP contribution < -0.4 is 4.74 Å². The van der Waals surface area contributed by atoms with E-state index < -0.39 is 0 Å². The molecule has 2 aromatic rings. The van der Waals surface area contributed by atoms with E-state index in [4.69, 9.17) is 4.74 Å². The van der Waals surface area contributed by atoms with Crippen molar-refractivity contribution in [1.29, 1.82) is 0 Å². The largest absolute Gasteiger partial charge is 0.477 e. The first-order chi connectivity index (χ1) is 8.36. The molecule has 0 aliphatic heterocycles. The SMILES string of the molecule is Brc1cccnc1OCCCc1ccccc1. The van der Waals surface area contributed by atoms with Gasteiger partial charge in [-0.3, -0.25) is 0 Å². The van der Waals surface area contributed by atoms with Crippen molar-refractivity contribution in [3.8, 4) is 5.88 Å². The van der Waals surface area contributed by atoms with Crippen molar-refractivity contribution in [2.45, 2.75) is 12.8 Å². The minimum absolute atomic E-state index is 0.667. The summed E-state index contributed by atoms with van der Waals surface area (Å²) < 4.78 is 6.50. The normalized spacial score (nSPS) is 10.2. The molecule has 0 radical (unpaired) electrons. The number of aromatic nitrogens is 1. The number of benzene rings is 1. The molecule has 0 saturated carbocycles. The van der Waals surface area contributed by atoms with Crippen molar-refractivity contribution in [2.24, 2.45) is 0 Å². The number of aryl methyl sites for hydroxylation is 1. The van der Waals surface area contributed by atoms with Gasteiger partial charge in [-0.1, -0.05) is 30.3 Å². The number of halogens is 1. The Labute approximate surface area is 110 Å². The number of pyridine rings is 1. The quantitative estimate of drug-likeness (QED) is 0.781. The smallest absolute Gasteiger partial charge is 0.227 e. The molecule has 1 aromatic carbocycles. The van der Waals surface area contributed by atoms with Crippen LogP contribution in [0.3, 0.4) is 0 Å². The molecule has 0 aliphatic rings. The van der Waals surface area contributed by atoms with E-state index in [-0.39, 0.29) is 0 Å². The first-order valence-electron chi connectivity index (χ1n) is 5.63. The summed E-state index contributed by atoms with van der Waals surface area (Å²) in [6.07, 6.45) is 3.76. The molecule has 2 rings (SSSR count). The van der Waals surface area contributed by atoms with Crippen LogP contribution in [0.2, 0.25) is 0 Å². The van der Waals surface area contributed by atoms with Gasteiger partial charge in [0.25, 0.3) is 0 Å². The summed E-state index contributed by atoms with van der Waals surface area (Å²) in [7, 11) is 0. The van der Waals surface area contributed by atoms with Crippen LogP contribution in [-0.4, -0.2) is 11.6 Å². The number of hydrogen-bond donors (Lipinski definition) is 0. The molecule has 3 heteroatoms. The first-order valence-corrected chi connectivity index (χ1v) is 6.43. The maximum Gasteiger partial charge on any atom is 0.227 e. The van der Waals surface area contributed by atoms with Gasteiger partial charge in [0.05, 0.1) is 11.1 Å². The molecule has 0 bridgehead atoms. The molecule has 0 saturated heterocycles. The predicted octanol–water partition coefficient (Wildman–Crippen LogP) is 3.86. The fraction of sp³-hybridized carbons (Fsp3) is 0.214. The molecule has 17 heavy (non-hydrogen) atoms. The fourth-order valence-electron chi connectivity index (χ4n) is 1.57. The van der Waals surface area contributed by atoms with Gasteiger partial charge in [-0.15, -0.1) is 0 Å². The minimum Gasteiger partial charge on any atom is -0.477 e. The molecule has 1 heterocycles. The summed E-state index contributed by atoms with van der Waals surface area (Å²) >= 11 is 3.41. The van der Waals surface area contributed by atoms with Gasteiger partial charge >= 0.3 is 0 Å². The van der Waals surface area contributed by atoms with E-state index in [1.807, 2.05) is 18.2 Å². The average molecular weight is 292 g/mol. The van der Waals surface area contributed by atoms with E-state index in [2.05, 4.69) is 45.2 Å². The highest BCUT2D eigenvalue weighted by Crippen LogP contribution is 2.20. The van der Waals surface area contributed by atoms with E-state index in [9.17, 15) is 0 Å². The molecule has 0 fully saturated rings. The molecule has 0 aliphatic carbocycles. The number of rotatable bonds is 5. The summed E-state index contributed by atoms with van der Waals surface area (Å²) in [5.74, 6) is 0.667. The topological polar surface area (TPSA) is 22.1 Å². The molecule has 2 nitrogen and oxygen atoms in total. The summed E-state index contributed by atoms with van der Waals surface area (Å²) in [6, 6.07) is 14.2. The van der Waals surface area contributed by atoms with Crippen LogP contribution in [0.1, 0.15) is 12.0 Å². The predicted molar refractivity (Wildman–Crippen MR) is 72.2 cm³/mol. The number of ether oxygens (including phenoxy) is 1. The van der Waals surface area contributed by atoms with E-state index >= 15 is 0 Å². The molecule has 0 N–H and O–H groups in total. The average Bonchev–Trinajstić information content (AvgIpc) is 2.38. The second-order valence-electron chi connectivity index (χ2n) is 3.73. The van der Waals surface area contributed by atoms with Crippen LogP contribution in [0.4, 0.5) is 0 Å². The van der Waals surface area contributed by atoms with Gasteiger partial charge in [-0.2, -0.15) is 0 Å². The highest BCUT2D eigenvalue weighted by atomic mass is 79.9. The van der Waals surface area contributed by atoms with Crippen LogP contribution in [0.25, 0.3) is 0 Å². The van der Waals surface area contributed by atoms with Crippen LogP contribution >= 0.6 is 15.9 Å². The number of nitrogens with zero attached hydrogens (tertiary/aromatic N) is 1. The van der Waals surface area contributed by atoms with Crippen LogP contribution in [0, 0.1) is 0 Å². The summed E-state index contributed by atoms with van der Waals surface area (Å²) in [4.78, 5) is 4.15. The van der Waals surface area contributed by atoms with Crippen molar-refractivity contribution in [3.05, 3.63) is 58.7 Å². The molecule has 0 amide bonds. The van der Waals surface area contributed by atoms with Gasteiger partial charge in [0.1, 0.15) is 0 Å². The Kier molecular flexibility index (Phi) is 4.56. The fourth-order valence-corrected chi connectivity index (χ4v) is 1.94. The van der Waals surface area contributed by atoms with E-state index in [0.717, 1.165) is 17.3 Å². The molecule has 1 aromatic heterocycles. The van der Waals surface area contributed by atoms with Crippen molar-refractivity contribution < 1.29 is 4.74 Å². The highest BCUT2D eigenvalue weighted by Gasteiger charge is 2.00. The van der Waals surface area contributed by atoms with Crippen molar-refractivity contribution in [3.63, 3.8) is 0 Å². The Balaban J connectivity index is 1.76. The van der Waals surface area contributed by atoms with Crippen LogP contribution in [0.15, 0.2) is 53.1 Å². The Morgan fingerprint density at radius 3 is 2.65 bits per heavy atom. The summed E-state index contributed by atoms with van der Waals surface area (Å²) in [6.45, 7) is 0.685. The molecular formula is C14H14BrNO. The van der Waals surface area contributed by atoms with E-state index in [0.29, 0.717) is 12.5 Å². The van der Waals surface area contributed by atoms with Gasteiger partial charge in [0, 0.05) is 6.20 Å². The zero-order valence-electron chi connectivity index (χ0n) is 9.47. The third-order valence-electron chi connectivity index (χ3n) is 2.42. The second-order valence-corrected chi connectivity index (χ2v) is 4.58. The van der Waals surface area contributed by atoms with Crippen molar-refractivity contribution in [2.75, 3.05) is 6.61 Å². The molecular weight excluding hydrogens is 278 g/mol. The van der Waals surface area contributed by atoms with E-state index in [1.165, 1.54) is 5.56 Å². The Morgan fingerprint density at radius 1 is 1.06 bits per heavy atom. The summed E-state index contributed by atoms with van der Waals surface area (Å²) in [5, 5.41) is 0. The Morgan fingerprint density at radius 2 is 1.88 bits per heavy atom. The second kappa shape index (κ2) is 6.40. The maximum absolute atomic E-state index is 5.60. The Hall–Kier alpha value is -1.35. The molecule has 0 atom stereocenters. The lowest BCUT2D eigenvalue weighted by Crippen LogP contribution is -2.01. The number of hydrogen-bond acceptors (Lipinski definition) is 2. The van der Waals surface area contributed by atoms with E-state index in [1.54, 1.807) is 6.20 Å². The Bertz CT molecular complexity index is 459. The zero-order valence-corrected chi connectivity index (χ0v) is 11.1. The molecule has 88 valence electrons. The van der Waals surface area contributed by atoms with Gasteiger partial charge in [0.15, 0.2) is 0 Å². The third kappa shape index (κ3) is 3.86. The van der Waals surface area contributed by atoms with Crippen molar-refractivity contribution >= 4 is 15.9 Å². The molecule has 0 spiro atoms.